The first-order valence-corrected chi connectivity index (χ1v) is 3.74. The molecule has 2 atom stereocenters. The highest BCUT2D eigenvalue weighted by atomic mass is 16.4. The third-order valence-electron chi connectivity index (χ3n) is 2.04. The van der Waals surface area contributed by atoms with Gasteiger partial charge in [0.2, 0.25) is 0 Å². The van der Waals surface area contributed by atoms with Crippen molar-refractivity contribution in [3.8, 4) is 6.07 Å². The van der Waals surface area contributed by atoms with Gasteiger partial charge in [0.15, 0.2) is 6.10 Å². The van der Waals surface area contributed by atoms with Crippen molar-refractivity contribution in [3.63, 3.8) is 0 Å². The zero-order chi connectivity index (χ0) is 9.14. The topological polar surface area (TPSA) is 84.6 Å². The first kappa shape index (κ1) is 8.81. The molecule has 0 radical (unpaired) electrons. The van der Waals surface area contributed by atoms with Gasteiger partial charge in [0, 0.05) is 6.54 Å². The highest BCUT2D eigenvalue weighted by Crippen LogP contribution is 2.19. The van der Waals surface area contributed by atoms with Gasteiger partial charge in [0.05, 0.1) is 12.1 Å². The Balaban J connectivity index is 2.65. The SMILES string of the molecule is N#C[C@H](O)[C@@H]1CCCN1C(=O)O. The van der Waals surface area contributed by atoms with E-state index in [1.54, 1.807) is 6.07 Å². The molecule has 1 saturated heterocycles. The zero-order valence-corrected chi connectivity index (χ0v) is 6.47. The number of rotatable bonds is 1. The van der Waals surface area contributed by atoms with Crippen LogP contribution >= 0.6 is 0 Å². The summed E-state index contributed by atoms with van der Waals surface area (Å²) in [4.78, 5) is 11.7. The molecule has 0 aliphatic carbocycles. The first-order valence-electron chi connectivity index (χ1n) is 3.74. The number of hydrogen-bond donors (Lipinski definition) is 2. The van der Waals surface area contributed by atoms with Crippen molar-refractivity contribution >= 4 is 6.09 Å². The molecular formula is C7H10N2O3. The Hall–Kier alpha value is -1.28. The molecule has 1 amide bonds. The van der Waals surface area contributed by atoms with E-state index < -0.39 is 18.2 Å². The molecule has 0 aromatic rings. The van der Waals surface area contributed by atoms with Crippen molar-refractivity contribution in [1.29, 1.82) is 5.26 Å². The van der Waals surface area contributed by atoms with Crippen molar-refractivity contribution < 1.29 is 15.0 Å². The minimum Gasteiger partial charge on any atom is -0.465 e. The van der Waals surface area contributed by atoms with Gasteiger partial charge >= 0.3 is 6.09 Å². The Morgan fingerprint density at radius 1 is 1.75 bits per heavy atom. The number of aliphatic hydroxyl groups is 1. The summed E-state index contributed by atoms with van der Waals surface area (Å²) in [6.07, 6.45) is -0.966. The van der Waals surface area contributed by atoms with Gasteiger partial charge in [-0.25, -0.2) is 4.79 Å². The lowest BCUT2D eigenvalue weighted by molar-refractivity contribution is 0.0948. The maximum Gasteiger partial charge on any atom is 0.407 e. The smallest absolute Gasteiger partial charge is 0.407 e. The van der Waals surface area contributed by atoms with Crippen LogP contribution in [0, 0.1) is 11.3 Å². The maximum atomic E-state index is 10.5. The van der Waals surface area contributed by atoms with Gasteiger partial charge in [0.25, 0.3) is 0 Å². The molecule has 0 aromatic heterocycles. The highest BCUT2D eigenvalue weighted by Gasteiger charge is 2.33. The van der Waals surface area contributed by atoms with Crippen LogP contribution in [0.4, 0.5) is 4.79 Å². The fourth-order valence-electron chi connectivity index (χ4n) is 1.44. The van der Waals surface area contributed by atoms with Gasteiger partial charge in [-0.2, -0.15) is 5.26 Å². The number of hydrogen-bond acceptors (Lipinski definition) is 3. The van der Waals surface area contributed by atoms with Crippen LogP contribution < -0.4 is 0 Å². The van der Waals surface area contributed by atoms with Crippen molar-refractivity contribution in [2.45, 2.75) is 25.0 Å². The van der Waals surface area contributed by atoms with Gasteiger partial charge in [-0.05, 0) is 12.8 Å². The highest BCUT2D eigenvalue weighted by molar-refractivity contribution is 5.66. The fourth-order valence-corrected chi connectivity index (χ4v) is 1.44. The summed E-state index contributed by atoms with van der Waals surface area (Å²) in [5.74, 6) is 0. The van der Waals surface area contributed by atoms with Crippen LogP contribution in [-0.2, 0) is 0 Å². The summed E-state index contributed by atoms with van der Waals surface area (Å²) in [6.45, 7) is 0.415. The summed E-state index contributed by atoms with van der Waals surface area (Å²) in [6, 6.07) is 1.11. The molecule has 2 N–H and O–H groups in total. The Labute approximate surface area is 69.8 Å². The molecule has 1 fully saturated rings. The second-order valence-electron chi connectivity index (χ2n) is 2.76. The molecule has 1 heterocycles. The van der Waals surface area contributed by atoms with E-state index in [1.165, 1.54) is 0 Å². The molecule has 0 saturated carbocycles. The van der Waals surface area contributed by atoms with E-state index in [9.17, 15) is 4.79 Å². The number of nitrogens with zero attached hydrogens (tertiary/aromatic N) is 2. The molecule has 0 aromatic carbocycles. The number of aliphatic hydroxyl groups excluding tert-OH is 1. The summed E-state index contributed by atoms with van der Waals surface area (Å²) in [7, 11) is 0. The average molecular weight is 170 g/mol. The number of carboxylic acid groups (broad SMARTS) is 1. The monoisotopic (exact) mass is 170 g/mol. The quantitative estimate of drug-likeness (QED) is 0.543. The van der Waals surface area contributed by atoms with Crippen LogP contribution in [0.2, 0.25) is 0 Å². The lowest BCUT2D eigenvalue weighted by atomic mass is 10.1. The van der Waals surface area contributed by atoms with Gasteiger partial charge in [0.1, 0.15) is 0 Å². The largest absolute Gasteiger partial charge is 0.465 e. The van der Waals surface area contributed by atoms with E-state index in [4.69, 9.17) is 15.5 Å². The lowest BCUT2D eigenvalue weighted by Gasteiger charge is -2.21. The minimum absolute atomic E-state index is 0.415. The summed E-state index contributed by atoms with van der Waals surface area (Å²) < 4.78 is 0. The van der Waals surface area contributed by atoms with Crippen molar-refractivity contribution in [2.75, 3.05) is 6.54 Å². The molecule has 0 bridgehead atoms. The van der Waals surface area contributed by atoms with E-state index in [2.05, 4.69) is 0 Å². The van der Waals surface area contributed by atoms with E-state index in [0.717, 1.165) is 11.3 Å². The Morgan fingerprint density at radius 3 is 2.92 bits per heavy atom. The number of amides is 1. The summed E-state index contributed by atoms with van der Waals surface area (Å²) in [5.41, 5.74) is 0. The van der Waals surface area contributed by atoms with Gasteiger partial charge in [-0.1, -0.05) is 0 Å². The number of nitriles is 1. The van der Waals surface area contributed by atoms with E-state index in [0.29, 0.717) is 13.0 Å². The molecule has 0 unspecified atom stereocenters. The van der Waals surface area contributed by atoms with Crippen molar-refractivity contribution in [2.24, 2.45) is 0 Å². The molecule has 66 valence electrons. The summed E-state index contributed by atoms with van der Waals surface area (Å²) in [5, 5.41) is 26.1. The first-order chi connectivity index (χ1) is 5.66. The lowest BCUT2D eigenvalue weighted by Crippen LogP contribution is -2.41. The van der Waals surface area contributed by atoms with Gasteiger partial charge in [-0.3, -0.25) is 0 Å². The minimum atomic E-state index is -1.19. The molecule has 1 rings (SSSR count). The molecule has 12 heavy (non-hydrogen) atoms. The average Bonchev–Trinajstić information content (AvgIpc) is 2.50. The Morgan fingerprint density at radius 2 is 2.42 bits per heavy atom. The standard InChI is InChI=1S/C7H10N2O3/c8-4-6(10)5-2-1-3-9(5)7(11)12/h5-6,10H,1-3H2,(H,11,12)/t5-,6-/m0/s1. The van der Waals surface area contributed by atoms with E-state index in [-0.39, 0.29) is 0 Å². The van der Waals surface area contributed by atoms with Crippen molar-refractivity contribution in [1.82, 2.24) is 4.90 Å². The zero-order valence-electron chi connectivity index (χ0n) is 6.47. The molecule has 1 aliphatic rings. The van der Waals surface area contributed by atoms with Crippen LogP contribution in [0.15, 0.2) is 0 Å². The van der Waals surface area contributed by atoms with Gasteiger partial charge < -0.3 is 15.1 Å². The van der Waals surface area contributed by atoms with Crippen LogP contribution in [0.3, 0.4) is 0 Å². The van der Waals surface area contributed by atoms with Crippen molar-refractivity contribution in [3.05, 3.63) is 0 Å². The molecule has 5 nitrogen and oxygen atoms in total. The molecule has 1 aliphatic heterocycles. The third-order valence-corrected chi connectivity index (χ3v) is 2.04. The van der Waals surface area contributed by atoms with Crippen LogP contribution in [0.25, 0.3) is 0 Å². The van der Waals surface area contributed by atoms with Gasteiger partial charge in [-0.15, -0.1) is 0 Å². The predicted octanol–water partition coefficient (Wildman–Crippen LogP) is 0.0133. The Bertz CT molecular complexity index is 223. The van der Waals surface area contributed by atoms with Crippen LogP contribution in [0.5, 0.6) is 0 Å². The number of likely N-dealkylation sites (tertiary alicyclic amines) is 1. The second-order valence-corrected chi connectivity index (χ2v) is 2.76. The Kier molecular flexibility index (Phi) is 2.51. The van der Waals surface area contributed by atoms with Crippen LogP contribution in [-0.4, -0.2) is 39.9 Å². The van der Waals surface area contributed by atoms with E-state index in [1.807, 2.05) is 0 Å². The number of carbonyl (C=O) groups is 1. The molecular weight excluding hydrogens is 160 g/mol. The second kappa shape index (κ2) is 3.41. The van der Waals surface area contributed by atoms with E-state index >= 15 is 0 Å². The van der Waals surface area contributed by atoms with Crippen LogP contribution in [0.1, 0.15) is 12.8 Å². The predicted molar refractivity (Wildman–Crippen MR) is 39.4 cm³/mol. The summed E-state index contributed by atoms with van der Waals surface area (Å²) >= 11 is 0. The normalized spacial score (nSPS) is 25.0. The molecule has 5 heteroatoms. The maximum absolute atomic E-state index is 10.5. The fraction of sp³-hybridized carbons (Fsp3) is 0.714. The third kappa shape index (κ3) is 1.48. The molecule has 0 spiro atoms.